The van der Waals surface area contributed by atoms with E-state index in [1.807, 2.05) is 19.1 Å². The maximum Gasteiger partial charge on any atom is 0.257 e. The molecule has 0 aromatic heterocycles. The van der Waals surface area contributed by atoms with Gasteiger partial charge in [-0.3, -0.25) is 9.59 Å². The second-order valence-corrected chi connectivity index (χ2v) is 6.35. The van der Waals surface area contributed by atoms with Gasteiger partial charge in [0, 0.05) is 18.7 Å². The summed E-state index contributed by atoms with van der Waals surface area (Å²) in [6.45, 7) is 2.36. The van der Waals surface area contributed by atoms with Crippen LogP contribution in [0.15, 0.2) is 36.4 Å². The van der Waals surface area contributed by atoms with Crippen molar-refractivity contribution in [3.05, 3.63) is 42.0 Å². The highest BCUT2D eigenvalue weighted by Crippen LogP contribution is 2.38. The van der Waals surface area contributed by atoms with Crippen molar-refractivity contribution in [3.63, 3.8) is 0 Å². The molecular weight excluding hydrogens is 388 g/mol. The Balaban J connectivity index is 1.89. The van der Waals surface area contributed by atoms with E-state index in [0.717, 1.165) is 5.56 Å². The van der Waals surface area contributed by atoms with Crippen LogP contribution in [-0.4, -0.2) is 46.3 Å². The van der Waals surface area contributed by atoms with Crippen LogP contribution in [0, 0.1) is 0 Å². The molecule has 0 unspecified atom stereocenters. The maximum absolute atomic E-state index is 12.3. The summed E-state index contributed by atoms with van der Waals surface area (Å²) < 4.78 is 21.4. The zero-order valence-corrected chi connectivity index (χ0v) is 17.7. The van der Waals surface area contributed by atoms with Crippen molar-refractivity contribution in [2.75, 3.05) is 39.8 Å². The number of carbonyl (C=O) groups is 2. The largest absolute Gasteiger partial charge is 0.493 e. The molecule has 0 aliphatic carbocycles. The molecule has 0 spiro atoms. The second kappa shape index (κ2) is 11.5. The molecule has 162 valence electrons. The number of carbonyl (C=O) groups excluding carboxylic acids is 2. The van der Waals surface area contributed by atoms with Crippen molar-refractivity contribution in [2.45, 2.75) is 19.8 Å². The van der Waals surface area contributed by atoms with Crippen molar-refractivity contribution in [2.24, 2.45) is 0 Å². The number of ether oxygens (including phenoxy) is 4. The first-order valence-electron chi connectivity index (χ1n) is 9.59. The molecule has 2 amide bonds. The quantitative estimate of drug-likeness (QED) is 0.585. The lowest BCUT2D eigenvalue weighted by atomic mass is 10.1. The van der Waals surface area contributed by atoms with Gasteiger partial charge in [-0.1, -0.05) is 0 Å². The van der Waals surface area contributed by atoms with Crippen molar-refractivity contribution < 1.29 is 28.5 Å². The lowest BCUT2D eigenvalue weighted by Gasteiger charge is -2.14. The summed E-state index contributed by atoms with van der Waals surface area (Å²) in [5.74, 6) is 1.87. The standard InChI is InChI=1S/C22H28N2O6/c1-5-23-21(26)14-30-17-9-7-16(8-10-17)24-20(25)11-6-15-12-18(27-2)22(29-4)19(13-15)28-3/h7-10,12-13H,5-6,11,14H2,1-4H3,(H,23,26)(H,24,25). The summed E-state index contributed by atoms with van der Waals surface area (Å²) in [6, 6.07) is 10.5. The van der Waals surface area contributed by atoms with Gasteiger partial charge >= 0.3 is 0 Å². The Kier molecular flexibility index (Phi) is 8.80. The van der Waals surface area contributed by atoms with Crippen LogP contribution in [0.25, 0.3) is 0 Å². The molecule has 30 heavy (non-hydrogen) atoms. The fourth-order valence-corrected chi connectivity index (χ4v) is 2.79. The summed E-state index contributed by atoms with van der Waals surface area (Å²) in [5, 5.41) is 5.50. The van der Waals surface area contributed by atoms with Gasteiger partial charge < -0.3 is 29.6 Å². The number of benzene rings is 2. The van der Waals surface area contributed by atoms with E-state index >= 15 is 0 Å². The van der Waals surface area contributed by atoms with Crippen LogP contribution in [0.4, 0.5) is 5.69 Å². The summed E-state index contributed by atoms with van der Waals surface area (Å²) in [5.41, 5.74) is 1.55. The number of amides is 2. The highest BCUT2D eigenvalue weighted by molar-refractivity contribution is 5.90. The predicted molar refractivity (Wildman–Crippen MR) is 114 cm³/mol. The number of methoxy groups -OCH3 is 3. The lowest BCUT2D eigenvalue weighted by molar-refractivity contribution is -0.123. The molecule has 8 nitrogen and oxygen atoms in total. The number of hydrogen-bond acceptors (Lipinski definition) is 6. The maximum atomic E-state index is 12.3. The summed E-state index contributed by atoms with van der Waals surface area (Å²) in [4.78, 5) is 23.7. The monoisotopic (exact) mass is 416 g/mol. The third-order valence-electron chi connectivity index (χ3n) is 4.25. The van der Waals surface area contributed by atoms with E-state index in [0.29, 0.717) is 41.7 Å². The van der Waals surface area contributed by atoms with Gasteiger partial charge in [-0.15, -0.1) is 0 Å². The first kappa shape index (κ1) is 22.9. The first-order chi connectivity index (χ1) is 14.5. The molecule has 0 heterocycles. The summed E-state index contributed by atoms with van der Waals surface area (Å²) >= 11 is 0. The molecule has 0 saturated carbocycles. The molecule has 2 rings (SSSR count). The number of hydrogen-bond donors (Lipinski definition) is 2. The highest BCUT2D eigenvalue weighted by Gasteiger charge is 2.14. The first-order valence-corrected chi connectivity index (χ1v) is 9.59. The number of likely N-dealkylation sites (N-methyl/N-ethyl adjacent to an activating group) is 1. The lowest BCUT2D eigenvalue weighted by Crippen LogP contribution is -2.28. The van der Waals surface area contributed by atoms with Crippen molar-refractivity contribution >= 4 is 17.5 Å². The molecule has 0 fully saturated rings. The van der Waals surface area contributed by atoms with Gasteiger partial charge in [0.15, 0.2) is 18.1 Å². The minimum absolute atomic E-state index is 0.0473. The number of rotatable bonds is 11. The molecule has 0 atom stereocenters. The van der Waals surface area contributed by atoms with Crippen LogP contribution in [0.2, 0.25) is 0 Å². The Morgan fingerprint density at radius 1 is 0.900 bits per heavy atom. The van der Waals surface area contributed by atoms with Gasteiger partial charge in [-0.25, -0.2) is 0 Å². The van der Waals surface area contributed by atoms with E-state index in [2.05, 4.69) is 10.6 Å². The second-order valence-electron chi connectivity index (χ2n) is 6.35. The zero-order chi connectivity index (χ0) is 21.9. The van der Waals surface area contributed by atoms with Crippen LogP contribution in [0.3, 0.4) is 0 Å². The molecule has 0 bridgehead atoms. The Morgan fingerprint density at radius 2 is 1.53 bits per heavy atom. The Labute approximate surface area is 176 Å². The smallest absolute Gasteiger partial charge is 0.257 e. The molecule has 2 aromatic carbocycles. The Bertz CT molecular complexity index is 826. The molecular formula is C22H28N2O6. The topological polar surface area (TPSA) is 95.1 Å². The fraction of sp³-hybridized carbons (Fsp3) is 0.364. The van der Waals surface area contributed by atoms with Crippen LogP contribution < -0.4 is 29.6 Å². The molecule has 2 aromatic rings. The molecule has 0 radical (unpaired) electrons. The highest BCUT2D eigenvalue weighted by atomic mass is 16.5. The summed E-state index contributed by atoms with van der Waals surface area (Å²) in [6.07, 6.45) is 0.796. The van der Waals surface area contributed by atoms with Gasteiger partial charge in [0.05, 0.1) is 21.3 Å². The Hall–Kier alpha value is -3.42. The van der Waals surface area contributed by atoms with Crippen molar-refractivity contribution in [3.8, 4) is 23.0 Å². The van der Waals surface area contributed by atoms with Crippen LogP contribution in [0.1, 0.15) is 18.9 Å². The van der Waals surface area contributed by atoms with E-state index in [1.54, 1.807) is 45.6 Å². The minimum atomic E-state index is -0.179. The molecule has 8 heteroatoms. The van der Waals surface area contributed by atoms with Gasteiger partial charge in [0.25, 0.3) is 5.91 Å². The van der Waals surface area contributed by atoms with Crippen LogP contribution >= 0.6 is 0 Å². The third-order valence-corrected chi connectivity index (χ3v) is 4.25. The number of anilines is 1. The number of nitrogens with one attached hydrogen (secondary N) is 2. The van der Waals surface area contributed by atoms with Gasteiger partial charge in [-0.2, -0.15) is 0 Å². The SMILES string of the molecule is CCNC(=O)COc1ccc(NC(=O)CCc2cc(OC)c(OC)c(OC)c2)cc1. The normalized spacial score (nSPS) is 10.1. The fourth-order valence-electron chi connectivity index (χ4n) is 2.79. The van der Waals surface area contributed by atoms with E-state index in [9.17, 15) is 9.59 Å². The molecule has 0 saturated heterocycles. The van der Waals surface area contributed by atoms with Crippen LogP contribution in [0.5, 0.6) is 23.0 Å². The molecule has 2 N–H and O–H groups in total. The average Bonchev–Trinajstić information content (AvgIpc) is 2.76. The third kappa shape index (κ3) is 6.58. The average molecular weight is 416 g/mol. The number of aryl methyl sites for hydroxylation is 1. The van der Waals surface area contributed by atoms with E-state index < -0.39 is 0 Å². The molecule has 0 aliphatic rings. The van der Waals surface area contributed by atoms with Gasteiger partial charge in [-0.05, 0) is 55.3 Å². The van der Waals surface area contributed by atoms with Gasteiger partial charge in [0.1, 0.15) is 5.75 Å². The van der Waals surface area contributed by atoms with E-state index in [1.165, 1.54) is 0 Å². The van der Waals surface area contributed by atoms with Crippen LogP contribution in [-0.2, 0) is 16.0 Å². The minimum Gasteiger partial charge on any atom is -0.493 e. The zero-order valence-electron chi connectivity index (χ0n) is 17.7. The molecule has 0 aliphatic heterocycles. The summed E-state index contributed by atoms with van der Waals surface area (Å²) in [7, 11) is 4.65. The predicted octanol–water partition coefficient (Wildman–Crippen LogP) is 2.80. The van der Waals surface area contributed by atoms with E-state index in [-0.39, 0.29) is 24.8 Å². The van der Waals surface area contributed by atoms with Crippen molar-refractivity contribution in [1.82, 2.24) is 5.32 Å². The van der Waals surface area contributed by atoms with Crippen molar-refractivity contribution in [1.29, 1.82) is 0 Å². The van der Waals surface area contributed by atoms with E-state index in [4.69, 9.17) is 18.9 Å². The Morgan fingerprint density at radius 3 is 2.07 bits per heavy atom. The van der Waals surface area contributed by atoms with Gasteiger partial charge in [0.2, 0.25) is 11.7 Å².